The van der Waals surface area contributed by atoms with Gasteiger partial charge < -0.3 is 5.11 Å². The van der Waals surface area contributed by atoms with Crippen molar-refractivity contribution in [3.8, 4) is 0 Å². The van der Waals surface area contributed by atoms with Crippen molar-refractivity contribution in [3.63, 3.8) is 0 Å². The van der Waals surface area contributed by atoms with Crippen molar-refractivity contribution >= 4 is 34.0 Å². The molecular formula is C17H12Cl2O. The molecule has 0 aliphatic carbocycles. The molecular weight excluding hydrogens is 291 g/mol. The molecule has 1 unspecified atom stereocenters. The Morgan fingerprint density at radius 3 is 2.20 bits per heavy atom. The average Bonchev–Trinajstić information content (AvgIpc) is 2.45. The van der Waals surface area contributed by atoms with Gasteiger partial charge in [0.1, 0.15) is 6.10 Å². The molecule has 0 bridgehead atoms. The zero-order chi connectivity index (χ0) is 14.1. The maximum absolute atomic E-state index is 10.6. The van der Waals surface area contributed by atoms with Gasteiger partial charge in [0, 0.05) is 10.0 Å². The highest BCUT2D eigenvalue weighted by atomic mass is 35.5. The van der Waals surface area contributed by atoms with E-state index in [1.165, 1.54) is 0 Å². The van der Waals surface area contributed by atoms with E-state index in [1.54, 1.807) is 18.2 Å². The summed E-state index contributed by atoms with van der Waals surface area (Å²) in [5.74, 6) is 0. The highest BCUT2D eigenvalue weighted by Crippen LogP contribution is 2.31. The summed E-state index contributed by atoms with van der Waals surface area (Å²) < 4.78 is 0. The molecule has 100 valence electrons. The van der Waals surface area contributed by atoms with Crippen molar-refractivity contribution in [1.82, 2.24) is 0 Å². The smallest absolute Gasteiger partial charge is 0.105 e. The van der Waals surface area contributed by atoms with Crippen LogP contribution >= 0.6 is 23.2 Å². The van der Waals surface area contributed by atoms with Gasteiger partial charge in [0.05, 0.1) is 0 Å². The third kappa shape index (κ3) is 2.53. The van der Waals surface area contributed by atoms with Gasteiger partial charge in [0.15, 0.2) is 0 Å². The van der Waals surface area contributed by atoms with Crippen LogP contribution in [0, 0.1) is 0 Å². The largest absolute Gasteiger partial charge is 0.384 e. The number of halogens is 2. The molecule has 3 rings (SSSR count). The van der Waals surface area contributed by atoms with Gasteiger partial charge in [-0.2, -0.15) is 0 Å². The quantitative estimate of drug-likeness (QED) is 0.687. The molecule has 3 aromatic rings. The van der Waals surface area contributed by atoms with E-state index in [1.807, 2.05) is 42.5 Å². The molecule has 20 heavy (non-hydrogen) atoms. The first-order valence-corrected chi connectivity index (χ1v) is 7.02. The lowest BCUT2D eigenvalue weighted by atomic mass is 9.96. The van der Waals surface area contributed by atoms with Crippen LogP contribution in [-0.2, 0) is 0 Å². The Morgan fingerprint density at radius 1 is 0.800 bits per heavy atom. The van der Waals surface area contributed by atoms with Crippen molar-refractivity contribution in [2.75, 3.05) is 0 Å². The summed E-state index contributed by atoms with van der Waals surface area (Å²) in [5, 5.41) is 13.8. The van der Waals surface area contributed by atoms with Crippen molar-refractivity contribution in [3.05, 3.63) is 81.8 Å². The summed E-state index contributed by atoms with van der Waals surface area (Å²) in [4.78, 5) is 0. The van der Waals surface area contributed by atoms with Crippen LogP contribution in [0.2, 0.25) is 10.0 Å². The van der Waals surface area contributed by atoms with Crippen molar-refractivity contribution in [1.29, 1.82) is 0 Å². The fourth-order valence-electron chi connectivity index (χ4n) is 2.40. The molecule has 0 aliphatic rings. The number of benzene rings is 3. The minimum absolute atomic E-state index is 0.520. The molecule has 3 aromatic carbocycles. The molecule has 0 aliphatic heterocycles. The number of fused-ring (bicyclic) bond motifs is 1. The van der Waals surface area contributed by atoms with Crippen LogP contribution in [0.25, 0.3) is 10.8 Å². The number of hydrogen-bond acceptors (Lipinski definition) is 1. The molecule has 3 heteroatoms. The Labute approximate surface area is 127 Å². The predicted molar refractivity (Wildman–Crippen MR) is 84.5 cm³/mol. The van der Waals surface area contributed by atoms with Crippen LogP contribution in [-0.4, -0.2) is 5.11 Å². The van der Waals surface area contributed by atoms with Gasteiger partial charge in [0.25, 0.3) is 0 Å². The van der Waals surface area contributed by atoms with Gasteiger partial charge in [-0.15, -0.1) is 0 Å². The number of aliphatic hydroxyl groups is 1. The fraction of sp³-hybridized carbons (Fsp3) is 0.0588. The van der Waals surface area contributed by atoms with Gasteiger partial charge in [0.2, 0.25) is 0 Å². The van der Waals surface area contributed by atoms with Crippen LogP contribution in [0.3, 0.4) is 0 Å². The molecule has 0 fully saturated rings. The second-order valence-electron chi connectivity index (χ2n) is 4.67. The molecule has 1 atom stereocenters. The van der Waals surface area contributed by atoms with Gasteiger partial charge in [-0.1, -0.05) is 65.7 Å². The topological polar surface area (TPSA) is 20.2 Å². The number of aliphatic hydroxyl groups excluding tert-OH is 1. The molecule has 0 saturated carbocycles. The van der Waals surface area contributed by atoms with E-state index in [0.717, 1.165) is 16.3 Å². The lowest BCUT2D eigenvalue weighted by Crippen LogP contribution is -2.00. The summed E-state index contributed by atoms with van der Waals surface area (Å²) >= 11 is 12.0. The predicted octanol–water partition coefficient (Wildman–Crippen LogP) is 5.23. The minimum atomic E-state index is -0.753. The van der Waals surface area contributed by atoms with E-state index in [0.29, 0.717) is 15.6 Å². The standard InChI is InChI=1S/C17H12Cl2O/c18-13-8-12(9-14(19)10-13)17(20)16-7-3-5-11-4-1-2-6-15(11)16/h1-10,17,20H. The summed E-state index contributed by atoms with van der Waals surface area (Å²) in [6.45, 7) is 0. The molecule has 0 spiro atoms. The summed E-state index contributed by atoms with van der Waals surface area (Å²) in [7, 11) is 0. The zero-order valence-electron chi connectivity index (χ0n) is 10.6. The van der Waals surface area contributed by atoms with E-state index >= 15 is 0 Å². The van der Waals surface area contributed by atoms with Crippen LogP contribution in [0.15, 0.2) is 60.7 Å². The lowest BCUT2D eigenvalue weighted by Gasteiger charge is -2.15. The maximum Gasteiger partial charge on any atom is 0.105 e. The second-order valence-corrected chi connectivity index (χ2v) is 5.55. The summed E-state index contributed by atoms with van der Waals surface area (Å²) in [5.41, 5.74) is 1.54. The molecule has 1 N–H and O–H groups in total. The van der Waals surface area contributed by atoms with E-state index in [4.69, 9.17) is 23.2 Å². The average molecular weight is 303 g/mol. The first-order chi connectivity index (χ1) is 9.65. The third-order valence-corrected chi connectivity index (χ3v) is 3.76. The Morgan fingerprint density at radius 2 is 1.45 bits per heavy atom. The van der Waals surface area contributed by atoms with Gasteiger partial charge in [-0.05, 0) is 40.1 Å². The highest BCUT2D eigenvalue weighted by molar-refractivity contribution is 6.34. The van der Waals surface area contributed by atoms with E-state index in [2.05, 4.69) is 0 Å². The summed E-state index contributed by atoms with van der Waals surface area (Å²) in [6, 6.07) is 19.0. The lowest BCUT2D eigenvalue weighted by molar-refractivity contribution is 0.222. The van der Waals surface area contributed by atoms with Gasteiger partial charge >= 0.3 is 0 Å². The van der Waals surface area contributed by atoms with Gasteiger partial charge in [-0.3, -0.25) is 0 Å². The molecule has 0 radical (unpaired) electrons. The number of rotatable bonds is 2. The molecule has 1 nitrogen and oxygen atoms in total. The minimum Gasteiger partial charge on any atom is -0.384 e. The van der Waals surface area contributed by atoms with Crippen molar-refractivity contribution < 1.29 is 5.11 Å². The van der Waals surface area contributed by atoms with Crippen LogP contribution in [0.5, 0.6) is 0 Å². The fourth-order valence-corrected chi connectivity index (χ4v) is 2.94. The van der Waals surface area contributed by atoms with Gasteiger partial charge in [-0.25, -0.2) is 0 Å². The summed E-state index contributed by atoms with van der Waals surface area (Å²) in [6.07, 6.45) is -0.753. The second kappa shape index (κ2) is 5.45. The van der Waals surface area contributed by atoms with Crippen molar-refractivity contribution in [2.24, 2.45) is 0 Å². The molecule has 0 aromatic heterocycles. The zero-order valence-corrected chi connectivity index (χ0v) is 12.1. The first kappa shape index (κ1) is 13.4. The monoisotopic (exact) mass is 302 g/mol. The van der Waals surface area contributed by atoms with Crippen LogP contribution in [0.1, 0.15) is 17.2 Å². The highest BCUT2D eigenvalue weighted by Gasteiger charge is 2.14. The molecule has 0 amide bonds. The Hall–Kier alpha value is -1.54. The van der Waals surface area contributed by atoms with Crippen molar-refractivity contribution in [2.45, 2.75) is 6.10 Å². The third-order valence-electron chi connectivity index (χ3n) is 3.32. The Balaban J connectivity index is 2.15. The molecule has 0 saturated heterocycles. The maximum atomic E-state index is 10.6. The Bertz CT molecular complexity index is 742. The Kier molecular flexibility index (Phi) is 3.66. The van der Waals surface area contributed by atoms with E-state index in [-0.39, 0.29) is 0 Å². The van der Waals surface area contributed by atoms with E-state index in [9.17, 15) is 5.11 Å². The normalized spacial score (nSPS) is 12.6. The SMILES string of the molecule is OC(c1cc(Cl)cc(Cl)c1)c1cccc2ccccc12. The van der Waals surface area contributed by atoms with Crippen LogP contribution < -0.4 is 0 Å². The van der Waals surface area contributed by atoms with E-state index < -0.39 is 6.10 Å². The number of hydrogen-bond donors (Lipinski definition) is 1. The first-order valence-electron chi connectivity index (χ1n) is 6.27. The van der Waals surface area contributed by atoms with Crippen LogP contribution in [0.4, 0.5) is 0 Å². The molecule has 0 heterocycles.